The van der Waals surface area contributed by atoms with Crippen LogP contribution in [0, 0.1) is 5.92 Å². The van der Waals surface area contributed by atoms with Crippen molar-refractivity contribution in [2.75, 3.05) is 0 Å². The quantitative estimate of drug-likeness (QED) is 0.803. The Labute approximate surface area is 104 Å². The summed E-state index contributed by atoms with van der Waals surface area (Å²) in [4.78, 5) is 11.6. The minimum atomic E-state index is 0.167. The maximum Gasteiger partial charge on any atom is 0.220 e. The molecular weight excluding hydrogens is 210 g/mol. The summed E-state index contributed by atoms with van der Waals surface area (Å²) in [6, 6.07) is 10.6. The Bertz CT molecular complexity index is 332. The van der Waals surface area contributed by atoms with Crippen LogP contribution in [0.4, 0.5) is 0 Å². The van der Waals surface area contributed by atoms with Gasteiger partial charge >= 0.3 is 0 Å². The van der Waals surface area contributed by atoms with Crippen molar-refractivity contribution in [1.29, 1.82) is 0 Å². The lowest BCUT2D eigenvalue weighted by Crippen LogP contribution is -2.33. The fourth-order valence-electron chi connectivity index (χ4n) is 1.80. The van der Waals surface area contributed by atoms with Crippen molar-refractivity contribution < 1.29 is 4.79 Å². The molecule has 1 unspecified atom stereocenters. The van der Waals surface area contributed by atoms with Gasteiger partial charge in [-0.3, -0.25) is 4.79 Å². The van der Waals surface area contributed by atoms with Crippen LogP contribution >= 0.6 is 0 Å². The van der Waals surface area contributed by atoms with Gasteiger partial charge in [-0.1, -0.05) is 44.2 Å². The molecule has 2 heteroatoms. The molecule has 0 fully saturated rings. The van der Waals surface area contributed by atoms with Gasteiger partial charge in [-0.15, -0.1) is 0 Å². The molecule has 1 rings (SSSR count). The topological polar surface area (TPSA) is 29.1 Å². The number of aryl methyl sites for hydroxylation is 1. The highest BCUT2D eigenvalue weighted by molar-refractivity contribution is 5.76. The van der Waals surface area contributed by atoms with E-state index in [-0.39, 0.29) is 11.9 Å². The Balaban J connectivity index is 2.26. The largest absolute Gasteiger partial charge is 0.354 e. The van der Waals surface area contributed by atoms with Crippen molar-refractivity contribution in [3.8, 4) is 0 Å². The summed E-state index contributed by atoms with van der Waals surface area (Å²) in [5.74, 6) is 0.594. The van der Waals surface area contributed by atoms with Crippen molar-refractivity contribution >= 4 is 5.91 Å². The van der Waals surface area contributed by atoms with Crippen LogP contribution in [-0.2, 0) is 11.2 Å². The minimum Gasteiger partial charge on any atom is -0.354 e. The second-order valence-electron chi connectivity index (χ2n) is 5.09. The zero-order valence-corrected chi connectivity index (χ0v) is 11.1. The van der Waals surface area contributed by atoms with E-state index in [0.29, 0.717) is 12.3 Å². The van der Waals surface area contributed by atoms with E-state index in [9.17, 15) is 4.79 Å². The average Bonchev–Trinajstić information content (AvgIpc) is 2.26. The van der Waals surface area contributed by atoms with Crippen LogP contribution in [0.3, 0.4) is 0 Å². The molecule has 1 N–H and O–H groups in total. The summed E-state index contributed by atoms with van der Waals surface area (Å²) in [5, 5.41) is 3.04. The lowest BCUT2D eigenvalue weighted by molar-refractivity contribution is -0.122. The highest BCUT2D eigenvalue weighted by atomic mass is 16.1. The van der Waals surface area contributed by atoms with E-state index in [1.54, 1.807) is 0 Å². The maximum absolute atomic E-state index is 11.6. The first-order valence-electron chi connectivity index (χ1n) is 6.41. The molecule has 1 atom stereocenters. The predicted molar refractivity (Wildman–Crippen MR) is 71.8 cm³/mol. The zero-order chi connectivity index (χ0) is 12.7. The van der Waals surface area contributed by atoms with Crippen LogP contribution in [0.15, 0.2) is 30.3 Å². The van der Waals surface area contributed by atoms with Crippen LogP contribution in [0.2, 0.25) is 0 Å². The number of rotatable bonds is 6. The first-order valence-corrected chi connectivity index (χ1v) is 6.41. The molecule has 1 aromatic rings. The smallest absolute Gasteiger partial charge is 0.220 e. The van der Waals surface area contributed by atoms with Gasteiger partial charge in [-0.05, 0) is 31.2 Å². The Morgan fingerprint density at radius 2 is 1.82 bits per heavy atom. The van der Waals surface area contributed by atoms with E-state index in [1.807, 2.05) is 6.07 Å². The highest BCUT2D eigenvalue weighted by Gasteiger charge is 2.08. The van der Waals surface area contributed by atoms with Crippen molar-refractivity contribution in [1.82, 2.24) is 5.32 Å². The second kappa shape index (κ2) is 7.10. The Morgan fingerprint density at radius 3 is 2.41 bits per heavy atom. The first kappa shape index (κ1) is 13.8. The van der Waals surface area contributed by atoms with Gasteiger partial charge in [0.25, 0.3) is 0 Å². The second-order valence-corrected chi connectivity index (χ2v) is 5.09. The lowest BCUT2D eigenvalue weighted by Gasteiger charge is -2.14. The van der Waals surface area contributed by atoms with Gasteiger partial charge in [0.15, 0.2) is 0 Å². The molecule has 1 amide bonds. The molecule has 0 aromatic heterocycles. The molecule has 0 saturated heterocycles. The van der Waals surface area contributed by atoms with Crippen LogP contribution < -0.4 is 5.32 Å². The van der Waals surface area contributed by atoms with E-state index < -0.39 is 0 Å². The van der Waals surface area contributed by atoms with Gasteiger partial charge < -0.3 is 5.32 Å². The Hall–Kier alpha value is -1.31. The third-order valence-electron chi connectivity index (χ3n) is 2.71. The predicted octanol–water partition coefficient (Wildman–Crippen LogP) is 3.17. The molecular formula is C15H23NO. The summed E-state index contributed by atoms with van der Waals surface area (Å²) < 4.78 is 0. The number of nitrogens with one attached hydrogen (secondary N) is 1. The molecule has 94 valence electrons. The lowest BCUT2D eigenvalue weighted by atomic mass is 10.1. The number of hydrogen-bond acceptors (Lipinski definition) is 1. The summed E-state index contributed by atoms with van der Waals surface area (Å²) in [7, 11) is 0. The SMILES string of the molecule is CC(C)CC(=O)NC(C)CCc1ccccc1. The third kappa shape index (κ3) is 6.10. The van der Waals surface area contributed by atoms with Gasteiger partial charge in [0.1, 0.15) is 0 Å². The molecule has 0 aliphatic carbocycles. The van der Waals surface area contributed by atoms with E-state index in [1.165, 1.54) is 5.56 Å². The maximum atomic E-state index is 11.6. The fraction of sp³-hybridized carbons (Fsp3) is 0.533. The Morgan fingerprint density at radius 1 is 1.18 bits per heavy atom. The number of carbonyl (C=O) groups excluding carboxylic acids is 1. The van der Waals surface area contributed by atoms with Gasteiger partial charge in [0, 0.05) is 12.5 Å². The molecule has 0 aliphatic rings. The summed E-state index contributed by atoms with van der Waals surface area (Å²) in [6.07, 6.45) is 2.63. The monoisotopic (exact) mass is 233 g/mol. The first-order chi connectivity index (χ1) is 8.08. The number of carbonyl (C=O) groups is 1. The molecule has 1 aromatic carbocycles. The zero-order valence-electron chi connectivity index (χ0n) is 11.1. The van der Waals surface area contributed by atoms with E-state index in [2.05, 4.69) is 50.4 Å². The van der Waals surface area contributed by atoms with Crippen molar-refractivity contribution in [3.63, 3.8) is 0 Å². The Kier molecular flexibility index (Phi) is 5.75. The molecule has 0 radical (unpaired) electrons. The molecule has 0 spiro atoms. The average molecular weight is 233 g/mol. The van der Waals surface area contributed by atoms with Gasteiger partial charge in [0.05, 0.1) is 0 Å². The molecule has 0 heterocycles. The van der Waals surface area contributed by atoms with E-state index in [0.717, 1.165) is 12.8 Å². The number of benzene rings is 1. The van der Waals surface area contributed by atoms with E-state index >= 15 is 0 Å². The molecule has 0 saturated carbocycles. The highest BCUT2D eigenvalue weighted by Crippen LogP contribution is 2.05. The number of hydrogen-bond donors (Lipinski definition) is 1. The van der Waals surface area contributed by atoms with Gasteiger partial charge in [-0.25, -0.2) is 0 Å². The van der Waals surface area contributed by atoms with Gasteiger partial charge in [0.2, 0.25) is 5.91 Å². The molecule has 17 heavy (non-hydrogen) atoms. The third-order valence-corrected chi connectivity index (χ3v) is 2.71. The van der Waals surface area contributed by atoms with Crippen LogP contribution in [0.5, 0.6) is 0 Å². The standard InChI is InChI=1S/C15H23NO/c1-12(2)11-15(17)16-13(3)9-10-14-7-5-4-6-8-14/h4-8,12-13H,9-11H2,1-3H3,(H,16,17). The summed E-state index contributed by atoms with van der Waals surface area (Å²) in [6.45, 7) is 6.20. The van der Waals surface area contributed by atoms with Gasteiger partial charge in [-0.2, -0.15) is 0 Å². The minimum absolute atomic E-state index is 0.167. The van der Waals surface area contributed by atoms with E-state index in [4.69, 9.17) is 0 Å². The van der Waals surface area contributed by atoms with Crippen molar-refractivity contribution in [2.24, 2.45) is 5.92 Å². The molecule has 0 aliphatic heterocycles. The molecule has 2 nitrogen and oxygen atoms in total. The summed E-state index contributed by atoms with van der Waals surface area (Å²) in [5.41, 5.74) is 1.33. The number of amides is 1. The van der Waals surface area contributed by atoms with Crippen molar-refractivity contribution in [3.05, 3.63) is 35.9 Å². The molecule has 0 bridgehead atoms. The fourth-order valence-corrected chi connectivity index (χ4v) is 1.80. The van der Waals surface area contributed by atoms with Crippen LogP contribution in [0.25, 0.3) is 0 Å². The van der Waals surface area contributed by atoms with Crippen LogP contribution in [0.1, 0.15) is 39.2 Å². The van der Waals surface area contributed by atoms with Crippen LogP contribution in [-0.4, -0.2) is 11.9 Å². The summed E-state index contributed by atoms with van der Waals surface area (Å²) >= 11 is 0. The normalized spacial score (nSPS) is 12.5. The van der Waals surface area contributed by atoms with Crippen molar-refractivity contribution in [2.45, 2.75) is 46.1 Å².